The molecule has 0 saturated carbocycles. The second kappa shape index (κ2) is 5.85. The zero-order chi connectivity index (χ0) is 14.9. The summed E-state index contributed by atoms with van der Waals surface area (Å²) in [6.07, 6.45) is -4.34. The quantitative estimate of drug-likeness (QED) is 0.824. The van der Waals surface area contributed by atoms with E-state index >= 15 is 0 Å². The van der Waals surface area contributed by atoms with Crippen molar-refractivity contribution in [2.75, 3.05) is 17.2 Å². The smallest absolute Gasteiger partial charge is 0.406 e. The molecule has 1 aromatic carbocycles. The fourth-order valence-electron chi connectivity index (χ4n) is 2.04. The molecule has 0 bridgehead atoms. The largest absolute Gasteiger partial charge is 0.573 e. The number of rotatable bonds is 3. The molecule has 1 atom stereocenters. The van der Waals surface area contributed by atoms with Crippen LogP contribution in [-0.4, -0.2) is 24.6 Å². The van der Waals surface area contributed by atoms with Crippen LogP contribution in [0, 0.1) is 5.92 Å². The molecule has 3 nitrogen and oxygen atoms in total. The normalized spacial score (nSPS) is 19.6. The first-order valence-electron chi connectivity index (χ1n) is 5.76. The molecule has 0 radical (unpaired) electrons. The summed E-state index contributed by atoms with van der Waals surface area (Å²) >= 11 is 7.34. The second-order valence-corrected chi connectivity index (χ2v) is 5.64. The van der Waals surface area contributed by atoms with Gasteiger partial charge in [-0.05, 0) is 45.8 Å². The molecular weight excluding hydrogens is 359 g/mol. The van der Waals surface area contributed by atoms with Gasteiger partial charge in [0, 0.05) is 17.4 Å². The molecule has 1 saturated heterocycles. The molecule has 0 aliphatic carbocycles. The van der Waals surface area contributed by atoms with Crippen molar-refractivity contribution in [1.29, 1.82) is 0 Å². The Bertz CT molecular complexity index is 524. The summed E-state index contributed by atoms with van der Waals surface area (Å²) in [4.78, 5) is 13.4. The predicted molar refractivity (Wildman–Crippen MR) is 75.1 cm³/mol. The van der Waals surface area contributed by atoms with Gasteiger partial charge in [-0.25, -0.2) is 0 Å². The number of anilines is 1. The Labute approximate surface area is 127 Å². The Kier molecular flexibility index (Phi) is 4.53. The van der Waals surface area contributed by atoms with E-state index in [2.05, 4.69) is 33.3 Å². The fraction of sp³-hybridized carbons (Fsp3) is 0.417. The van der Waals surface area contributed by atoms with Crippen LogP contribution in [-0.2, 0) is 4.79 Å². The molecule has 1 aromatic rings. The fourth-order valence-corrected chi connectivity index (χ4v) is 2.86. The van der Waals surface area contributed by atoms with E-state index in [0.717, 1.165) is 0 Å². The summed E-state index contributed by atoms with van der Waals surface area (Å²) < 4.78 is 40.6. The van der Waals surface area contributed by atoms with Gasteiger partial charge in [0.05, 0.1) is 5.69 Å². The molecule has 0 aromatic heterocycles. The van der Waals surface area contributed by atoms with Crippen LogP contribution < -0.4 is 9.64 Å². The van der Waals surface area contributed by atoms with E-state index in [1.54, 1.807) is 4.90 Å². The van der Waals surface area contributed by atoms with Gasteiger partial charge in [0.1, 0.15) is 5.75 Å². The van der Waals surface area contributed by atoms with E-state index in [4.69, 9.17) is 0 Å². The predicted octanol–water partition coefficient (Wildman–Crippen LogP) is 3.63. The van der Waals surface area contributed by atoms with Crippen molar-refractivity contribution >= 4 is 40.2 Å². The third kappa shape index (κ3) is 3.60. The first-order valence-corrected chi connectivity index (χ1v) is 7.19. The van der Waals surface area contributed by atoms with Crippen molar-refractivity contribution in [2.45, 2.75) is 12.8 Å². The van der Waals surface area contributed by atoms with Crippen molar-refractivity contribution in [2.24, 2.45) is 5.92 Å². The number of ether oxygens (including phenoxy) is 1. The Hall–Kier alpha value is -0.890. The Balaban J connectivity index is 2.20. The molecule has 20 heavy (non-hydrogen) atoms. The number of hydrogen-bond acceptors (Lipinski definition) is 3. The standard InChI is InChI=1S/C12H11BrF3NO2S/c13-9-4-8(19-12(14,15)16)1-2-10(9)17-5-7(6-20)3-11(17)18/h1-2,4,7,20H,3,5-6H2. The first kappa shape index (κ1) is 15.5. The topological polar surface area (TPSA) is 29.5 Å². The summed E-state index contributed by atoms with van der Waals surface area (Å²) in [6.45, 7) is 0.514. The molecule has 1 aliphatic rings. The van der Waals surface area contributed by atoms with Crippen molar-refractivity contribution in [3.05, 3.63) is 22.7 Å². The molecule has 2 rings (SSSR count). The lowest BCUT2D eigenvalue weighted by atomic mass is 10.1. The molecule has 110 valence electrons. The molecular formula is C12H11BrF3NO2S. The average Bonchev–Trinajstić information content (AvgIpc) is 2.69. The SMILES string of the molecule is O=C1CC(CS)CN1c1ccc(OC(F)(F)F)cc1Br. The van der Waals surface area contributed by atoms with Gasteiger partial charge in [0.15, 0.2) is 0 Å². The minimum Gasteiger partial charge on any atom is -0.406 e. The van der Waals surface area contributed by atoms with E-state index in [0.29, 0.717) is 28.9 Å². The van der Waals surface area contributed by atoms with E-state index in [-0.39, 0.29) is 17.6 Å². The molecule has 1 fully saturated rings. The first-order chi connectivity index (χ1) is 9.30. The van der Waals surface area contributed by atoms with E-state index < -0.39 is 6.36 Å². The van der Waals surface area contributed by atoms with Crippen molar-refractivity contribution in [3.8, 4) is 5.75 Å². The van der Waals surface area contributed by atoms with Gasteiger partial charge in [-0.15, -0.1) is 13.2 Å². The Morgan fingerprint density at radius 1 is 1.45 bits per heavy atom. The van der Waals surface area contributed by atoms with Gasteiger partial charge in [-0.1, -0.05) is 0 Å². The second-order valence-electron chi connectivity index (χ2n) is 4.42. The molecule has 1 aliphatic heterocycles. The monoisotopic (exact) mass is 369 g/mol. The average molecular weight is 370 g/mol. The number of benzene rings is 1. The Morgan fingerprint density at radius 2 is 2.15 bits per heavy atom. The van der Waals surface area contributed by atoms with Crippen LogP contribution >= 0.6 is 28.6 Å². The van der Waals surface area contributed by atoms with Crippen molar-refractivity contribution in [1.82, 2.24) is 0 Å². The lowest BCUT2D eigenvalue weighted by Crippen LogP contribution is -2.25. The minimum atomic E-state index is -4.73. The molecule has 8 heteroatoms. The highest BCUT2D eigenvalue weighted by Crippen LogP contribution is 2.35. The summed E-state index contributed by atoms with van der Waals surface area (Å²) in [5, 5.41) is 0. The van der Waals surface area contributed by atoms with Crippen LogP contribution in [0.4, 0.5) is 18.9 Å². The van der Waals surface area contributed by atoms with Crippen LogP contribution in [0.5, 0.6) is 5.75 Å². The number of halogens is 4. The molecule has 1 amide bonds. The van der Waals surface area contributed by atoms with Gasteiger partial charge in [0.2, 0.25) is 5.91 Å². The van der Waals surface area contributed by atoms with E-state index in [1.165, 1.54) is 18.2 Å². The summed E-state index contributed by atoms with van der Waals surface area (Å²) in [6, 6.07) is 3.82. The number of carbonyl (C=O) groups excluding carboxylic acids is 1. The highest BCUT2D eigenvalue weighted by Gasteiger charge is 2.33. The zero-order valence-electron chi connectivity index (χ0n) is 10.2. The Morgan fingerprint density at radius 3 is 2.65 bits per heavy atom. The van der Waals surface area contributed by atoms with Crippen LogP contribution in [0.1, 0.15) is 6.42 Å². The maximum absolute atomic E-state index is 12.1. The molecule has 1 unspecified atom stereocenters. The molecule has 0 N–H and O–H groups in total. The third-order valence-electron chi connectivity index (χ3n) is 2.91. The molecule has 0 spiro atoms. The third-order valence-corrected chi connectivity index (χ3v) is 4.06. The summed E-state index contributed by atoms with van der Waals surface area (Å²) in [5.41, 5.74) is 0.536. The number of nitrogens with zero attached hydrogens (tertiary/aromatic N) is 1. The zero-order valence-corrected chi connectivity index (χ0v) is 12.6. The van der Waals surface area contributed by atoms with Crippen molar-refractivity contribution < 1.29 is 22.7 Å². The van der Waals surface area contributed by atoms with Gasteiger partial charge < -0.3 is 9.64 Å². The highest BCUT2D eigenvalue weighted by molar-refractivity contribution is 9.10. The maximum atomic E-state index is 12.1. The summed E-state index contributed by atoms with van der Waals surface area (Å²) in [7, 11) is 0. The van der Waals surface area contributed by atoms with Gasteiger partial charge in [-0.3, -0.25) is 4.79 Å². The van der Waals surface area contributed by atoms with E-state index in [9.17, 15) is 18.0 Å². The number of thiol groups is 1. The van der Waals surface area contributed by atoms with Gasteiger partial charge >= 0.3 is 6.36 Å². The number of amides is 1. The number of alkyl halides is 3. The highest BCUT2D eigenvalue weighted by atomic mass is 79.9. The minimum absolute atomic E-state index is 0.0609. The van der Waals surface area contributed by atoms with Gasteiger partial charge in [-0.2, -0.15) is 12.6 Å². The summed E-state index contributed by atoms with van der Waals surface area (Å²) in [5.74, 6) is 0.360. The van der Waals surface area contributed by atoms with Crippen molar-refractivity contribution in [3.63, 3.8) is 0 Å². The number of carbonyl (C=O) groups is 1. The van der Waals surface area contributed by atoms with Gasteiger partial charge in [0.25, 0.3) is 0 Å². The molecule has 1 heterocycles. The lowest BCUT2D eigenvalue weighted by molar-refractivity contribution is -0.274. The van der Waals surface area contributed by atoms with Crippen LogP contribution in [0.3, 0.4) is 0 Å². The maximum Gasteiger partial charge on any atom is 0.573 e. The number of hydrogen-bond donors (Lipinski definition) is 1. The lowest BCUT2D eigenvalue weighted by Gasteiger charge is -2.19. The van der Waals surface area contributed by atoms with Crippen LogP contribution in [0.15, 0.2) is 22.7 Å². The van der Waals surface area contributed by atoms with Crippen LogP contribution in [0.25, 0.3) is 0 Å². The van der Waals surface area contributed by atoms with Crippen LogP contribution in [0.2, 0.25) is 0 Å². The van der Waals surface area contributed by atoms with E-state index in [1.807, 2.05) is 0 Å².